The van der Waals surface area contributed by atoms with Crippen molar-refractivity contribution in [3.8, 4) is 0 Å². The zero-order valence-electron chi connectivity index (χ0n) is 20.8. The molecule has 0 spiro atoms. The predicted molar refractivity (Wildman–Crippen MR) is 134 cm³/mol. The summed E-state index contributed by atoms with van der Waals surface area (Å²) >= 11 is 1.61. The number of carbonyl (C=O) groups excluding carboxylic acids is 2. The van der Waals surface area contributed by atoms with E-state index in [1.807, 2.05) is 6.20 Å². The molecule has 1 aliphatic carbocycles. The Morgan fingerprint density at radius 2 is 2.00 bits per heavy atom. The molecule has 37 heavy (non-hydrogen) atoms. The van der Waals surface area contributed by atoms with Gasteiger partial charge in [0, 0.05) is 41.8 Å². The van der Waals surface area contributed by atoms with Crippen LogP contribution in [0.1, 0.15) is 71.3 Å². The molecule has 2 aliphatic rings. The van der Waals surface area contributed by atoms with E-state index in [9.17, 15) is 27.9 Å². The number of halogens is 3. The van der Waals surface area contributed by atoms with Crippen molar-refractivity contribution in [2.45, 2.75) is 75.7 Å². The maximum atomic E-state index is 12.9. The summed E-state index contributed by atoms with van der Waals surface area (Å²) < 4.78 is 38.6. The smallest absolute Gasteiger partial charge is 0.383 e. The fraction of sp³-hybridized carbons (Fsp3) is 0.577. The zero-order chi connectivity index (χ0) is 26.6. The van der Waals surface area contributed by atoms with Crippen molar-refractivity contribution < 1.29 is 27.9 Å². The number of nitrogens with one attached hydrogen (secondary N) is 2. The van der Waals surface area contributed by atoms with Gasteiger partial charge in [0.1, 0.15) is 10.6 Å². The van der Waals surface area contributed by atoms with Crippen molar-refractivity contribution in [1.82, 2.24) is 20.5 Å². The number of hydrogen-bond acceptors (Lipinski definition) is 6. The van der Waals surface area contributed by atoms with Gasteiger partial charge in [-0.15, -0.1) is 11.3 Å². The molecule has 11 heteroatoms. The highest BCUT2D eigenvalue weighted by atomic mass is 32.1. The Balaban J connectivity index is 1.21. The second kappa shape index (κ2) is 11.5. The molecule has 1 saturated carbocycles. The van der Waals surface area contributed by atoms with Gasteiger partial charge in [-0.1, -0.05) is 19.4 Å². The molecule has 1 atom stereocenters. The van der Waals surface area contributed by atoms with Gasteiger partial charge in [0.2, 0.25) is 5.91 Å². The van der Waals surface area contributed by atoms with E-state index in [1.54, 1.807) is 11.3 Å². The molecular weight excluding hydrogens is 505 g/mol. The molecule has 1 saturated heterocycles. The van der Waals surface area contributed by atoms with Crippen molar-refractivity contribution in [3.05, 3.63) is 51.5 Å². The van der Waals surface area contributed by atoms with Gasteiger partial charge >= 0.3 is 6.18 Å². The fourth-order valence-corrected chi connectivity index (χ4v) is 6.32. The number of benzene rings is 1. The van der Waals surface area contributed by atoms with Gasteiger partial charge in [-0.3, -0.25) is 14.5 Å². The van der Waals surface area contributed by atoms with Crippen LogP contribution >= 0.6 is 11.3 Å². The van der Waals surface area contributed by atoms with Gasteiger partial charge in [-0.25, -0.2) is 4.98 Å². The highest BCUT2D eigenvalue weighted by molar-refractivity contribution is 7.11. The summed E-state index contributed by atoms with van der Waals surface area (Å²) in [6, 6.07) is 4.38. The van der Waals surface area contributed by atoms with Crippen LogP contribution in [0.4, 0.5) is 13.2 Å². The third kappa shape index (κ3) is 6.88. The van der Waals surface area contributed by atoms with E-state index in [0.717, 1.165) is 61.9 Å². The van der Waals surface area contributed by atoms with Gasteiger partial charge in [0.05, 0.1) is 12.1 Å². The lowest BCUT2D eigenvalue weighted by atomic mass is 9.82. The largest absolute Gasteiger partial charge is 0.416 e. The molecule has 1 aliphatic heterocycles. The SMILES string of the molecule is CCCc1cnc(C2(O)CCC(N3CCC(NC(=O)CNC(=O)c4cccc(C(F)(F)F)c4)C3)CC2)s1. The van der Waals surface area contributed by atoms with Crippen molar-refractivity contribution in [2.24, 2.45) is 0 Å². The molecule has 2 heterocycles. The van der Waals surface area contributed by atoms with Crippen LogP contribution in [-0.2, 0) is 23.0 Å². The number of thiazole rings is 1. The van der Waals surface area contributed by atoms with Crippen molar-refractivity contribution >= 4 is 23.2 Å². The first kappa shape index (κ1) is 27.5. The lowest BCUT2D eigenvalue weighted by Crippen LogP contribution is -2.45. The topological polar surface area (TPSA) is 94.6 Å². The van der Waals surface area contributed by atoms with E-state index in [1.165, 1.54) is 10.9 Å². The maximum absolute atomic E-state index is 12.9. The van der Waals surface area contributed by atoms with Crippen LogP contribution in [0.3, 0.4) is 0 Å². The van der Waals surface area contributed by atoms with Crippen LogP contribution in [0.15, 0.2) is 30.5 Å². The number of carbonyl (C=O) groups is 2. The van der Waals surface area contributed by atoms with Crippen LogP contribution < -0.4 is 10.6 Å². The summed E-state index contributed by atoms with van der Waals surface area (Å²) in [4.78, 5) is 32.6. The Hall–Kier alpha value is -2.50. The third-order valence-electron chi connectivity index (χ3n) is 7.19. The van der Waals surface area contributed by atoms with E-state index in [2.05, 4.69) is 27.4 Å². The van der Waals surface area contributed by atoms with Gasteiger partial charge < -0.3 is 15.7 Å². The highest BCUT2D eigenvalue weighted by Crippen LogP contribution is 2.41. The first-order chi connectivity index (χ1) is 17.6. The number of aliphatic hydroxyl groups is 1. The summed E-state index contributed by atoms with van der Waals surface area (Å²) in [5, 5.41) is 17.3. The molecule has 4 rings (SSSR count). The third-order valence-corrected chi connectivity index (χ3v) is 8.44. The number of nitrogens with zero attached hydrogens (tertiary/aromatic N) is 2. The summed E-state index contributed by atoms with van der Waals surface area (Å²) in [6.45, 7) is 3.34. The van der Waals surface area contributed by atoms with Gasteiger partial charge in [0.15, 0.2) is 0 Å². The molecule has 2 fully saturated rings. The molecule has 2 amide bonds. The fourth-order valence-electron chi connectivity index (χ4n) is 5.16. The maximum Gasteiger partial charge on any atom is 0.416 e. The molecule has 1 aromatic carbocycles. The second-order valence-corrected chi connectivity index (χ2v) is 11.1. The van der Waals surface area contributed by atoms with E-state index in [0.29, 0.717) is 25.4 Å². The number of rotatable bonds is 8. The summed E-state index contributed by atoms with van der Waals surface area (Å²) in [5.41, 5.74) is -1.92. The molecular formula is C26H33F3N4O3S. The number of hydrogen-bond donors (Lipinski definition) is 3. The lowest BCUT2D eigenvalue weighted by molar-refractivity contribution is -0.137. The number of aromatic nitrogens is 1. The molecule has 0 bridgehead atoms. The van der Waals surface area contributed by atoms with E-state index < -0.39 is 23.2 Å². The minimum Gasteiger partial charge on any atom is -0.383 e. The molecule has 0 radical (unpaired) electrons. The molecule has 2 aromatic rings. The van der Waals surface area contributed by atoms with Crippen molar-refractivity contribution in [3.63, 3.8) is 0 Å². The van der Waals surface area contributed by atoms with Crippen LogP contribution in [0, 0.1) is 0 Å². The molecule has 202 valence electrons. The number of likely N-dealkylation sites (tertiary alicyclic amines) is 1. The highest BCUT2D eigenvalue weighted by Gasteiger charge is 2.40. The molecule has 7 nitrogen and oxygen atoms in total. The first-order valence-corrected chi connectivity index (χ1v) is 13.6. The van der Waals surface area contributed by atoms with Crippen molar-refractivity contribution in [1.29, 1.82) is 0 Å². The predicted octanol–water partition coefficient (Wildman–Crippen LogP) is 3.87. The minimum absolute atomic E-state index is 0.0608. The van der Waals surface area contributed by atoms with E-state index in [-0.39, 0.29) is 24.1 Å². The van der Waals surface area contributed by atoms with Crippen LogP contribution in [0.2, 0.25) is 0 Å². The number of alkyl halides is 3. The zero-order valence-corrected chi connectivity index (χ0v) is 21.6. The molecule has 1 unspecified atom stereocenters. The standard InChI is InChI=1S/C26H33F3N4O3S/c1-2-4-21-14-31-24(37-21)25(36)10-7-20(8-11-25)33-12-9-19(16-33)32-22(34)15-30-23(35)17-5-3-6-18(13-17)26(27,28)29/h3,5-6,13-14,19-20,36H,2,4,7-12,15-16H2,1H3,(H,30,35)(H,32,34). The average molecular weight is 539 g/mol. The van der Waals surface area contributed by atoms with Crippen LogP contribution in [0.25, 0.3) is 0 Å². The molecule has 1 aromatic heterocycles. The summed E-state index contributed by atoms with van der Waals surface area (Å²) in [6.07, 6.45) is 3.17. The summed E-state index contributed by atoms with van der Waals surface area (Å²) in [5.74, 6) is -1.11. The Bertz CT molecular complexity index is 1100. The summed E-state index contributed by atoms with van der Waals surface area (Å²) in [7, 11) is 0. The van der Waals surface area contributed by atoms with Crippen LogP contribution in [-0.4, -0.2) is 58.5 Å². The first-order valence-electron chi connectivity index (χ1n) is 12.7. The van der Waals surface area contributed by atoms with Gasteiger partial charge in [0.25, 0.3) is 5.91 Å². The number of amides is 2. The van der Waals surface area contributed by atoms with E-state index in [4.69, 9.17) is 0 Å². The minimum atomic E-state index is -4.54. The quantitative estimate of drug-likeness (QED) is 0.475. The van der Waals surface area contributed by atoms with Crippen molar-refractivity contribution in [2.75, 3.05) is 19.6 Å². The second-order valence-electron chi connectivity index (χ2n) is 9.95. The Morgan fingerprint density at radius 3 is 2.70 bits per heavy atom. The molecule has 3 N–H and O–H groups in total. The average Bonchev–Trinajstić information content (AvgIpc) is 3.53. The Kier molecular flexibility index (Phi) is 8.55. The normalized spacial score (nSPS) is 24.7. The monoisotopic (exact) mass is 538 g/mol. The Morgan fingerprint density at radius 1 is 1.24 bits per heavy atom. The van der Waals surface area contributed by atoms with Crippen LogP contribution in [0.5, 0.6) is 0 Å². The Labute approximate surface area is 218 Å². The van der Waals surface area contributed by atoms with E-state index >= 15 is 0 Å². The number of aryl methyl sites for hydroxylation is 1. The lowest BCUT2D eigenvalue weighted by Gasteiger charge is -2.38. The van der Waals surface area contributed by atoms with Gasteiger partial charge in [-0.05, 0) is 56.7 Å². The van der Waals surface area contributed by atoms with Gasteiger partial charge in [-0.2, -0.15) is 13.2 Å².